The van der Waals surface area contributed by atoms with E-state index >= 15 is 0 Å². The molecule has 4 heteroatoms. The highest BCUT2D eigenvalue weighted by Crippen LogP contribution is 2.40. The molecule has 5 rings (SSSR count). The minimum absolute atomic E-state index is 0.0696. The minimum Gasteiger partial charge on any atom is -0.389 e. The topological polar surface area (TPSA) is 53.4 Å². The van der Waals surface area contributed by atoms with Crippen LogP contribution in [-0.4, -0.2) is 39.6 Å². The van der Waals surface area contributed by atoms with Crippen molar-refractivity contribution in [2.75, 3.05) is 13.1 Å². The standard InChI is InChI=1S/C25H26N2O2/c28-24(27-16-14-25(29)13-2-1-7-21(25)17-27)20-11-9-18(10-12-20)22-8-3-5-19-6-4-15-26-23(19)22/h3-6,8-12,15,21,29H,1-2,7,13-14,16-17H2. The maximum absolute atomic E-state index is 13.1. The second kappa shape index (κ2) is 7.27. The van der Waals surface area contributed by atoms with Crippen molar-refractivity contribution in [3.63, 3.8) is 0 Å². The zero-order valence-corrected chi connectivity index (χ0v) is 16.6. The second-order valence-electron chi connectivity index (χ2n) is 8.51. The third kappa shape index (κ3) is 3.32. The fourth-order valence-corrected chi connectivity index (χ4v) is 5.07. The van der Waals surface area contributed by atoms with E-state index in [0.29, 0.717) is 25.1 Å². The first-order valence-corrected chi connectivity index (χ1v) is 10.6. The number of rotatable bonds is 2. The van der Waals surface area contributed by atoms with Crippen molar-refractivity contribution in [3.8, 4) is 11.1 Å². The summed E-state index contributed by atoms with van der Waals surface area (Å²) in [6, 6.07) is 18.0. The van der Waals surface area contributed by atoms with Crippen LogP contribution in [0.2, 0.25) is 0 Å². The molecule has 2 aliphatic rings. The molecule has 2 atom stereocenters. The second-order valence-corrected chi connectivity index (χ2v) is 8.51. The van der Waals surface area contributed by atoms with Gasteiger partial charge in [0.1, 0.15) is 0 Å². The first-order chi connectivity index (χ1) is 14.1. The Bertz CT molecular complexity index is 1040. The lowest BCUT2D eigenvalue weighted by Crippen LogP contribution is -2.54. The van der Waals surface area contributed by atoms with Gasteiger partial charge >= 0.3 is 0 Å². The Morgan fingerprint density at radius 1 is 1.03 bits per heavy atom. The van der Waals surface area contributed by atoms with Crippen LogP contribution in [0, 0.1) is 5.92 Å². The van der Waals surface area contributed by atoms with Gasteiger partial charge in [-0.05, 0) is 43.0 Å². The average Bonchev–Trinajstić information content (AvgIpc) is 2.78. The Kier molecular flexibility index (Phi) is 4.59. The van der Waals surface area contributed by atoms with Gasteiger partial charge in [-0.1, -0.05) is 49.2 Å². The van der Waals surface area contributed by atoms with Gasteiger partial charge in [-0.3, -0.25) is 9.78 Å². The molecular weight excluding hydrogens is 360 g/mol. The molecule has 2 aromatic carbocycles. The number of piperidine rings is 1. The summed E-state index contributed by atoms with van der Waals surface area (Å²) in [7, 11) is 0. The third-order valence-electron chi connectivity index (χ3n) is 6.79. The molecule has 0 spiro atoms. The molecule has 1 aromatic heterocycles. The number of nitrogens with zero attached hydrogens (tertiary/aromatic N) is 2. The minimum atomic E-state index is -0.555. The van der Waals surface area contributed by atoms with Gasteiger partial charge in [-0.2, -0.15) is 0 Å². The van der Waals surface area contributed by atoms with Crippen molar-refractivity contribution >= 4 is 16.8 Å². The molecule has 4 nitrogen and oxygen atoms in total. The summed E-state index contributed by atoms with van der Waals surface area (Å²) < 4.78 is 0. The highest BCUT2D eigenvalue weighted by Gasteiger charge is 2.43. The maximum Gasteiger partial charge on any atom is 0.253 e. The Balaban J connectivity index is 1.37. The monoisotopic (exact) mass is 386 g/mol. The number of amides is 1. The number of benzene rings is 2. The van der Waals surface area contributed by atoms with Crippen LogP contribution in [0.5, 0.6) is 0 Å². The average molecular weight is 386 g/mol. The number of para-hydroxylation sites is 1. The summed E-state index contributed by atoms with van der Waals surface area (Å²) in [4.78, 5) is 19.5. The predicted octanol–water partition coefficient (Wildman–Crippen LogP) is 4.67. The van der Waals surface area contributed by atoms with Crippen LogP contribution in [0.3, 0.4) is 0 Å². The van der Waals surface area contributed by atoms with Crippen molar-refractivity contribution in [1.29, 1.82) is 0 Å². The number of pyridine rings is 1. The van der Waals surface area contributed by atoms with Crippen molar-refractivity contribution in [2.24, 2.45) is 5.92 Å². The Labute approximate surface area is 171 Å². The summed E-state index contributed by atoms with van der Waals surface area (Å²) in [6.07, 6.45) is 6.67. The normalized spacial score (nSPS) is 24.3. The number of fused-ring (bicyclic) bond motifs is 2. The molecule has 0 radical (unpaired) electrons. The zero-order chi connectivity index (χ0) is 19.8. The molecule has 2 unspecified atom stereocenters. The van der Waals surface area contributed by atoms with Crippen LogP contribution in [-0.2, 0) is 0 Å². The number of carbonyl (C=O) groups excluding carboxylic acids is 1. The van der Waals surface area contributed by atoms with Crippen molar-refractivity contribution < 1.29 is 9.90 Å². The van der Waals surface area contributed by atoms with E-state index in [9.17, 15) is 9.90 Å². The fraction of sp³-hybridized carbons (Fsp3) is 0.360. The first kappa shape index (κ1) is 18.3. The summed E-state index contributed by atoms with van der Waals surface area (Å²) in [5, 5.41) is 12.0. The number of likely N-dealkylation sites (tertiary alicyclic amines) is 1. The van der Waals surface area contributed by atoms with Crippen LogP contribution in [0.1, 0.15) is 42.5 Å². The molecule has 2 heterocycles. The SMILES string of the molecule is O=C(c1ccc(-c2cccc3cccnc23)cc1)N1CCC2(O)CCCCC2C1. The quantitative estimate of drug-likeness (QED) is 0.696. The van der Waals surface area contributed by atoms with Gasteiger partial charge in [0.2, 0.25) is 0 Å². The van der Waals surface area contributed by atoms with E-state index in [1.54, 1.807) is 0 Å². The van der Waals surface area contributed by atoms with Gasteiger partial charge in [0.05, 0.1) is 11.1 Å². The lowest BCUT2D eigenvalue weighted by Gasteiger charge is -2.47. The molecule has 3 aromatic rings. The Morgan fingerprint density at radius 2 is 1.86 bits per heavy atom. The van der Waals surface area contributed by atoms with Crippen LogP contribution < -0.4 is 0 Å². The zero-order valence-electron chi connectivity index (χ0n) is 16.6. The molecule has 29 heavy (non-hydrogen) atoms. The van der Waals surface area contributed by atoms with E-state index in [-0.39, 0.29) is 11.8 Å². The van der Waals surface area contributed by atoms with Crippen LogP contribution in [0.25, 0.3) is 22.0 Å². The predicted molar refractivity (Wildman–Crippen MR) is 115 cm³/mol. The number of hydrogen-bond acceptors (Lipinski definition) is 3. The Hall–Kier alpha value is -2.72. The van der Waals surface area contributed by atoms with E-state index in [0.717, 1.165) is 47.7 Å². The van der Waals surface area contributed by atoms with Crippen LogP contribution in [0.15, 0.2) is 60.8 Å². The van der Waals surface area contributed by atoms with Gasteiger partial charge in [0.15, 0.2) is 0 Å². The lowest BCUT2D eigenvalue weighted by atomic mass is 9.71. The number of aromatic nitrogens is 1. The number of hydrogen-bond donors (Lipinski definition) is 1. The van der Waals surface area contributed by atoms with Crippen LogP contribution >= 0.6 is 0 Å². The highest BCUT2D eigenvalue weighted by atomic mass is 16.3. The van der Waals surface area contributed by atoms with E-state index in [2.05, 4.69) is 23.2 Å². The van der Waals surface area contributed by atoms with E-state index in [4.69, 9.17) is 0 Å². The highest BCUT2D eigenvalue weighted by molar-refractivity contribution is 5.97. The molecule has 1 saturated carbocycles. The molecule has 1 amide bonds. The summed E-state index contributed by atoms with van der Waals surface area (Å²) >= 11 is 0. The van der Waals surface area contributed by atoms with Gasteiger partial charge in [-0.15, -0.1) is 0 Å². The van der Waals surface area contributed by atoms with Gasteiger partial charge in [0, 0.05) is 41.7 Å². The van der Waals surface area contributed by atoms with E-state index in [1.807, 2.05) is 47.5 Å². The third-order valence-corrected chi connectivity index (χ3v) is 6.79. The summed E-state index contributed by atoms with van der Waals surface area (Å²) in [5.41, 5.74) is 3.27. The van der Waals surface area contributed by atoms with Gasteiger partial charge < -0.3 is 10.0 Å². The molecule has 0 bridgehead atoms. The van der Waals surface area contributed by atoms with E-state index < -0.39 is 5.60 Å². The van der Waals surface area contributed by atoms with Gasteiger partial charge in [0.25, 0.3) is 5.91 Å². The molecule has 1 saturated heterocycles. The molecular formula is C25H26N2O2. The van der Waals surface area contributed by atoms with Crippen molar-refractivity contribution in [2.45, 2.75) is 37.7 Å². The first-order valence-electron chi connectivity index (χ1n) is 10.6. The molecule has 1 aliphatic carbocycles. The lowest BCUT2D eigenvalue weighted by molar-refractivity contribution is -0.0886. The summed E-state index contributed by atoms with van der Waals surface area (Å²) in [5.74, 6) is 0.287. The summed E-state index contributed by atoms with van der Waals surface area (Å²) in [6.45, 7) is 1.31. The molecule has 1 N–H and O–H groups in total. The largest absolute Gasteiger partial charge is 0.389 e. The van der Waals surface area contributed by atoms with Crippen LogP contribution in [0.4, 0.5) is 0 Å². The van der Waals surface area contributed by atoms with Crippen molar-refractivity contribution in [3.05, 3.63) is 66.4 Å². The van der Waals surface area contributed by atoms with E-state index in [1.165, 1.54) is 0 Å². The maximum atomic E-state index is 13.1. The van der Waals surface area contributed by atoms with Gasteiger partial charge in [-0.25, -0.2) is 0 Å². The fourth-order valence-electron chi connectivity index (χ4n) is 5.07. The molecule has 2 fully saturated rings. The van der Waals surface area contributed by atoms with Crippen molar-refractivity contribution in [1.82, 2.24) is 9.88 Å². The number of aliphatic hydroxyl groups is 1. The Morgan fingerprint density at radius 3 is 2.72 bits per heavy atom. The molecule has 148 valence electrons. The smallest absolute Gasteiger partial charge is 0.253 e. The number of carbonyl (C=O) groups is 1. The molecule has 1 aliphatic heterocycles.